The molecule has 53 heavy (non-hydrogen) atoms. The quantitative estimate of drug-likeness (QED) is 0.379. The van der Waals surface area contributed by atoms with Gasteiger partial charge in [-0.1, -0.05) is 30.7 Å². The molecule has 14 heteroatoms. The van der Waals surface area contributed by atoms with Crippen LogP contribution in [0.15, 0.2) is 66.8 Å². The van der Waals surface area contributed by atoms with Gasteiger partial charge in [0.25, 0.3) is 5.91 Å². The summed E-state index contributed by atoms with van der Waals surface area (Å²) < 4.78 is 54.4. The highest BCUT2D eigenvalue weighted by molar-refractivity contribution is 7.90. The summed E-state index contributed by atoms with van der Waals surface area (Å²) in [5.41, 5.74) is 2.79. The fourth-order valence-corrected chi connectivity index (χ4v) is 9.99. The van der Waals surface area contributed by atoms with E-state index in [4.69, 9.17) is 16.3 Å². The molecule has 5 atom stereocenters. The summed E-state index contributed by atoms with van der Waals surface area (Å²) in [6.07, 6.45) is 9.15. The number of benzene rings is 2. The standard InChI is InChI=1S/C39H48ClFN6O5S/c1-26-9-13-33(41)36(38(49)44(3)19-20-46-17-6-16-42-46)47-18-5-8-31(47)23-45-24-39(15-4-7-28-21-30(40)11-12-32(28)39)25-52-35-14-10-29(22-34(35)45)37(48)43-53(50,51)27(26)2/h6,10-14,16-17,21-22,26-27,31,36H,4-5,7-9,15,18-20,23-25H2,1-3H3,(H,43,48)/b33-13-/t26-,27+,31-,36+,39-/m0/s1. The molecule has 2 aromatic carbocycles. The van der Waals surface area contributed by atoms with E-state index in [0.29, 0.717) is 55.8 Å². The number of nitrogens with zero attached hydrogens (tertiary/aromatic N) is 5. The van der Waals surface area contributed by atoms with Crippen LogP contribution in [0.25, 0.3) is 0 Å². The monoisotopic (exact) mass is 766 g/mol. The van der Waals surface area contributed by atoms with E-state index in [9.17, 15) is 18.0 Å². The van der Waals surface area contributed by atoms with Crippen LogP contribution in [0.2, 0.25) is 5.02 Å². The zero-order chi connectivity index (χ0) is 37.5. The van der Waals surface area contributed by atoms with Crippen LogP contribution >= 0.6 is 11.6 Å². The van der Waals surface area contributed by atoms with E-state index in [1.54, 1.807) is 47.9 Å². The van der Waals surface area contributed by atoms with Crippen LogP contribution in [0.1, 0.15) is 67.4 Å². The molecule has 1 spiro atoms. The van der Waals surface area contributed by atoms with Crippen molar-refractivity contribution < 1.29 is 27.1 Å². The third-order valence-electron chi connectivity index (χ3n) is 11.8. The van der Waals surface area contributed by atoms with Crippen LogP contribution in [0.3, 0.4) is 0 Å². The zero-order valence-electron chi connectivity index (χ0n) is 30.5. The topological polar surface area (TPSA) is 117 Å². The number of fused-ring (bicyclic) bond motifs is 4. The number of hydrogen-bond acceptors (Lipinski definition) is 8. The Hall–Kier alpha value is -3.94. The third-order valence-corrected chi connectivity index (χ3v) is 13.9. The van der Waals surface area contributed by atoms with Gasteiger partial charge in [-0.3, -0.25) is 19.2 Å². The van der Waals surface area contributed by atoms with E-state index in [1.807, 2.05) is 29.3 Å². The maximum atomic E-state index is 16.7. The molecule has 11 nitrogen and oxygen atoms in total. The molecule has 2 bridgehead atoms. The Morgan fingerprint density at radius 1 is 1.19 bits per heavy atom. The van der Waals surface area contributed by atoms with E-state index in [-0.39, 0.29) is 23.9 Å². The summed E-state index contributed by atoms with van der Waals surface area (Å²) >= 11 is 6.45. The van der Waals surface area contributed by atoms with Crippen molar-refractivity contribution in [1.82, 2.24) is 24.3 Å². The number of halogens is 2. The van der Waals surface area contributed by atoms with Gasteiger partial charge in [0.2, 0.25) is 15.9 Å². The lowest BCUT2D eigenvalue weighted by Crippen LogP contribution is -2.54. The van der Waals surface area contributed by atoms with Gasteiger partial charge in [0.05, 0.1) is 24.1 Å². The number of amides is 2. The molecule has 1 fully saturated rings. The van der Waals surface area contributed by atoms with Crippen molar-refractivity contribution in [3.63, 3.8) is 0 Å². The van der Waals surface area contributed by atoms with Gasteiger partial charge in [0, 0.05) is 61.1 Å². The highest BCUT2D eigenvalue weighted by Crippen LogP contribution is 2.45. The number of allylic oxidation sites excluding steroid dienone is 1. The number of nitrogens with one attached hydrogen (secondary N) is 1. The van der Waals surface area contributed by atoms with Crippen LogP contribution in [-0.4, -0.2) is 97.0 Å². The van der Waals surface area contributed by atoms with Crippen LogP contribution in [0.5, 0.6) is 5.75 Å². The van der Waals surface area contributed by atoms with E-state index in [0.717, 1.165) is 32.1 Å². The fraction of sp³-hybridized carbons (Fsp3) is 0.513. The number of hydrogen-bond donors (Lipinski definition) is 1. The smallest absolute Gasteiger partial charge is 0.264 e. The molecule has 1 N–H and O–H groups in total. The number of ether oxygens (including phenoxy) is 1. The molecule has 0 unspecified atom stereocenters. The van der Waals surface area contributed by atoms with E-state index < -0.39 is 44.4 Å². The summed E-state index contributed by atoms with van der Waals surface area (Å²) in [5.74, 6) is -1.68. The summed E-state index contributed by atoms with van der Waals surface area (Å²) in [5, 5.41) is 3.91. The van der Waals surface area contributed by atoms with Gasteiger partial charge in [0.15, 0.2) is 0 Å². The van der Waals surface area contributed by atoms with Crippen molar-refractivity contribution in [3.05, 3.63) is 88.5 Å². The number of aryl methyl sites for hydroxylation is 1. The maximum absolute atomic E-state index is 16.7. The second kappa shape index (κ2) is 15.1. The number of aromatic nitrogens is 2. The van der Waals surface area contributed by atoms with Crippen LogP contribution in [0.4, 0.5) is 10.1 Å². The van der Waals surface area contributed by atoms with Gasteiger partial charge in [-0.05, 0) is 105 Å². The second-order valence-corrected chi connectivity index (χ2v) is 17.7. The minimum atomic E-state index is -4.14. The Morgan fingerprint density at radius 2 is 2.02 bits per heavy atom. The van der Waals surface area contributed by atoms with Crippen molar-refractivity contribution in [2.24, 2.45) is 5.92 Å². The first kappa shape index (κ1) is 37.4. The molecule has 284 valence electrons. The molecular weight excluding hydrogens is 719 g/mol. The number of anilines is 1. The number of carbonyl (C=O) groups is 2. The summed E-state index contributed by atoms with van der Waals surface area (Å²) in [6.45, 7) is 5.90. The molecule has 4 heterocycles. The average molecular weight is 767 g/mol. The summed E-state index contributed by atoms with van der Waals surface area (Å²) in [7, 11) is -2.46. The molecule has 1 aliphatic carbocycles. The average Bonchev–Trinajstić information content (AvgIpc) is 3.80. The summed E-state index contributed by atoms with van der Waals surface area (Å²) in [6, 6.07) is 11.5. The number of likely N-dealkylation sites (N-methyl/N-ethyl adjacent to an activating group) is 1. The molecule has 0 saturated carbocycles. The molecule has 1 saturated heterocycles. The lowest BCUT2D eigenvalue weighted by Gasteiger charge is -2.42. The Labute approximate surface area is 316 Å². The SMILES string of the molecule is C[C@@H]1[C@@H](C)C/C=C(\F)[C@H](C(=O)N(C)CCn2cccn2)N2CCC[C@H]2CN2C[C@@]3(CCCc4cc(Cl)ccc43)COc3ccc(cc32)C(=O)NS1(=O)=O. The minimum absolute atomic E-state index is 0.0651. The van der Waals surface area contributed by atoms with Crippen molar-refractivity contribution >= 4 is 39.1 Å². The van der Waals surface area contributed by atoms with Gasteiger partial charge in [-0.2, -0.15) is 5.10 Å². The highest BCUT2D eigenvalue weighted by atomic mass is 35.5. The van der Waals surface area contributed by atoms with Crippen molar-refractivity contribution in [1.29, 1.82) is 0 Å². The zero-order valence-corrected chi connectivity index (χ0v) is 32.1. The van der Waals surface area contributed by atoms with Crippen LogP contribution in [-0.2, 0) is 33.2 Å². The van der Waals surface area contributed by atoms with Crippen LogP contribution in [0, 0.1) is 5.92 Å². The Kier molecular flexibility index (Phi) is 10.6. The van der Waals surface area contributed by atoms with Gasteiger partial charge >= 0.3 is 0 Å². The lowest BCUT2D eigenvalue weighted by molar-refractivity contribution is -0.135. The number of carbonyl (C=O) groups excluding carboxylic acids is 2. The Balaban J connectivity index is 1.31. The maximum Gasteiger partial charge on any atom is 0.264 e. The lowest BCUT2D eigenvalue weighted by atomic mass is 9.70. The Bertz CT molecular complexity index is 1990. The van der Waals surface area contributed by atoms with Gasteiger partial charge < -0.3 is 14.5 Å². The number of rotatable bonds is 4. The molecule has 2 amide bonds. The largest absolute Gasteiger partial charge is 0.490 e. The first-order valence-corrected chi connectivity index (χ1v) is 20.5. The predicted molar refractivity (Wildman–Crippen MR) is 202 cm³/mol. The molecule has 7 rings (SSSR count). The molecule has 3 aliphatic heterocycles. The van der Waals surface area contributed by atoms with E-state index >= 15 is 4.39 Å². The van der Waals surface area contributed by atoms with Crippen molar-refractivity contribution in [3.8, 4) is 5.75 Å². The third kappa shape index (κ3) is 7.57. The van der Waals surface area contributed by atoms with Crippen molar-refractivity contribution in [2.45, 2.75) is 81.7 Å². The van der Waals surface area contributed by atoms with Gasteiger partial charge in [-0.25, -0.2) is 17.5 Å². The van der Waals surface area contributed by atoms with Crippen LogP contribution < -0.4 is 14.4 Å². The molecule has 0 radical (unpaired) electrons. The first-order chi connectivity index (χ1) is 25.3. The first-order valence-electron chi connectivity index (χ1n) is 18.6. The van der Waals surface area contributed by atoms with E-state index in [2.05, 4.69) is 20.8 Å². The van der Waals surface area contributed by atoms with Gasteiger partial charge in [-0.15, -0.1) is 0 Å². The molecular formula is C39H48ClFN6O5S. The summed E-state index contributed by atoms with van der Waals surface area (Å²) in [4.78, 5) is 33.7. The second-order valence-electron chi connectivity index (χ2n) is 15.2. The Morgan fingerprint density at radius 3 is 2.81 bits per heavy atom. The van der Waals surface area contributed by atoms with Crippen molar-refractivity contribution in [2.75, 3.05) is 44.7 Å². The minimum Gasteiger partial charge on any atom is -0.490 e. The number of sulfonamides is 1. The van der Waals surface area contributed by atoms with E-state index in [1.165, 1.54) is 24.1 Å². The predicted octanol–water partition coefficient (Wildman–Crippen LogP) is 5.34. The fourth-order valence-electron chi connectivity index (χ4n) is 8.51. The molecule has 1 aromatic heterocycles. The normalized spacial score (nSPS) is 28.5. The molecule has 4 aliphatic rings. The molecule has 3 aromatic rings. The highest BCUT2D eigenvalue weighted by Gasteiger charge is 2.45. The van der Waals surface area contributed by atoms with Gasteiger partial charge in [0.1, 0.15) is 17.6 Å².